The van der Waals surface area contributed by atoms with Gasteiger partial charge in [-0.1, -0.05) is 6.08 Å². The van der Waals surface area contributed by atoms with E-state index in [0.717, 1.165) is 0 Å². The predicted octanol–water partition coefficient (Wildman–Crippen LogP) is 6.29. The summed E-state index contributed by atoms with van der Waals surface area (Å²) in [5.41, 5.74) is 0.798. The minimum atomic E-state index is -2.73. The highest BCUT2D eigenvalue weighted by Crippen LogP contribution is 2.44. The van der Waals surface area contributed by atoms with Crippen molar-refractivity contribution in [1.82, 2.24) is 25.2 Å². The van der Waals surface area contributed by atoms with E-state index in [1.165, 1.54) is 4.52 Å². The Bertz CT molecular complexity index is 1220. The van der Waals surface area contributed by atoms with Gasteiger partial charge in [0.1, 0.15) is 5.60 Å². The fourth-order valence-electron chi connectivity index (χ4n) is 5.40. The molecule has 12 heteroatoms. The van der Waals surface area contributed by atoms with Gasteiger partial charge in [-0.25, -0.2) is 31.9 Å². The van der Waals surface area contributed by atoms with E-state index >= 15 is 0 Å². The van der Waals surface area contributed by atoms with Gasteiger partial charge in [0, 0.05) is 32.1 Å². The van der Waals surface area contributed by atoms with Crippen LogP contribution in [0.4, 0.5) is 22.4 Å². The highest BCUT2D eigenvalue weighted by molar-refractivity contribution is 5.77. The normalized spacial score (nSPS) is 20.8. The van der Waals surface area contributed by atoms with Gasteiger partial charge in [0.05, 0.1) is 30.2 Å². The summed E-state index contributed by atoms with van der Waals surface area (Å²) >= 11 is 0. The second-order valence-corrected chi connectivity index (χ2v) is 12.1. The van der Waals surface area contributed by atoms with E-state index in [9.17, 15) is 27.2 Å². The van der Waals surface area contributed by atoms with Crippen molar-refractivity contribution in [2.24, 2.45) is 11.8 Å². The number of carbonyl (C=O) groups is 2. The first kappa shape index (κ1) is 29.8. The van der Waals surface area contributed by atoms with Gasteiger partial charge in [-0.3, -0.25) is 4.79 Å². The van der Waals surface area contributed by atoms with Gasteiger partial charge in [0.25, 0.3) is 0 Å². The largest absolute Gasteiger partial charge is 0.444 e. The number of carbonyl (C=O) groups excluding carboxylic acids is 2. The molecule has 0 aromatic carbocycles. The lowest BCUT2D eigenvalue weighted by atomic mass is 9.79. The summed E-state index contributed by atoms with van der Waals surface area (Å²) in [5, 5.41) is 10.1. The minimum Gasteiger partial charge on any atom is -0.444 e. The van der Waals surface area contributed by atoms with Crippen molar-refractivity contribution in [1.29, 1.82) is 0 Å². The molecule has 8 nitrogen and oxygen atoms in total. The number of rotatable bonds is 9. The molecule has 2 atom stereocenters. The number of alkyl halides is 4. The molecule has 2 aromatic rings. The van der Waals surface area contributed by atoms with Crippen LogP contribution in [0.1, 0.15) is 95.5 Å². The molecule has 2 aromatic heterocycles. The molecule has 0 saturated heterocycles. The molecule has 2 amide bonds. The Labute approximate surface area is 230 Å². The van der Waals surface area contributed by atoms with Crippen molar-refractivity contribution in [3.63, 3.8) is 0 Å². The first-order valence-corrected chi connectivity index (χ1v) is 13.6. The second-order valence-electron chi connectivity index (χ2n) is 12.1. The van der Waals surface area contributed by atoms with Gasteiger partial charge in [-0.05, 0) is 63.5 Å². The van der Waals surface area contributed by atoms with E-state index in [1.54, 1.807) is 45.3 Å². The number of aromatic nitrogens is 3. The van der Waals surface area contributed by atoms with E-state index < -0.39 is 35.6 Å². The molecular weight excluding hydrogens is 530 g/mol. The van der Waals surface area contributed by atoms with Crippen LogP contribution < -0.4 is 10.6 Å². The number of amides is 2. The van der Waals surface area contributed by atoms with Crippen LogP contribution in [0.15, 0.2) is 31.1 Å². The van der Waals surface area contributed by atoms with Crippen molar-refractivity contribution in [3.05, 3.63) is 42.4 Å². The van der Waals surface area contributed by atoms with Gasteiger partial charge < -0.3 is 15.4 Å². The third-order valence-electron chi connectivity index (χ3n) is 7.37. The Morgan fingerprint density at radius 3 is 2.45 bits per heavy atom. The molecule has 2 aliphatic rings. The summed E-state index contributed by atoms with van der Waals surface area (Å²) in [7, 11) is 0. The molecule has 220 valence electrons. The molecule has 2 N–H and O–H groups in total. The van der Waals surface area contributed by atoms with Crippen molar-refractivity contribution < 1.29 is 31.9 Å². The lowest BCUT2D eigenvalue weighted by Crippen LogP contribution is -2.40. The molecular formula is C28H37F4N5O3. The van der Waals surface area contributed by atoms with E-state index in [1.807, 2.05) is 0 Å². The zero-order valence-electron chi connectivity index (χ0n) is 23.1. The van der Waals surface area contributed by atoms with Crippen molar-refractivity contribution in [3.8, 4) is 0 Å². The Kier molecular flexibility index (Phi) is 8.46. The van der Waals surface area contributed by atoms with Gasteiger partial charge in [-0.15, -0.1) is 6.58 Å². The van der Waals surface area contributed by atoms with Crippen molar-refractivity contribution in [2.75, 3.05) is 0 Å². The Balaban J connectivity index is 1.54. The second kappa shape index (κ2) is 11.4. The molecule has 0 radical (unpaired) electrons. The fourth-order valence-corrected chi connectivity index (χ4v) is 5.40. The van der Waals surface area contributed by atoms with Crippen LogP contribution in [0.5, 0.6) is 0 Å². The van der Waals surface area contributed by atoms with Gasteiger partial charge in [-0.2, -0.15) is 5.10 Å². The Hall–Kier alpha value is -3.18. The number of nitrogens with one attached hydrogen (secondary N) is 2. The summed E-state index contributed by atoms with van der Waals surface area (Å²) in [6.45, 7) is 8.95. The first-order valence-electron chi connectivity index (χ1n) is 13.6. The lowest BCUT2D eigenvalue weighted by Gasteiger charge is -2.34. The van der Waals surface area contributed by atoms with Crippen LogP contribution in [-0.4, -0.2) is 44.0 Å². The molecule has 2 fully saturated rings. The highest BCUT2D eigenvalue weighted by Gasteiger charge is 2.46. The van der Waals surface area contributed by atoms with E-state index in [4.69, 9.17) is 4.74 Å². The Morgan fingerprint density at radius 2 is 1.85 bits per heavy atom. The van der Waals surface area contributed by atoms with Crippen molar-refractivity contribution >= 4 is 17.6 Å². The van der Waals surface area contributed by atoms with Crippen LogP contribution in [0, 0.1) is 11.8 Å². The topological polar surface area (TPSA) is 97.6 Å². The SMILES string of the molecule is C=CC[C@@H](NC(=O)CC1CC(F)(F)C1)c1cnn2cc([C@@H](NC(=O)OC(C)(C)C)C3CCC(F)(F)CC3)nc2c1. The molecule has 2 heterocycles. The smallest absolute Gasteiger partial charge is 0.408 e. The molecule has 0 spiro atoms. The molecule has 0 aliphatic heterocycles. The molecule has 2 aliphatic carbocycles. The summed E-state index contributed by atoms with van der Waals surface area (Å²) in [6, 6.07) is 0.585. The maximum absolute atomic E-state index is 13.9. The lowest BCUT2D eigenvalue weighted by molar-refractivity contribution is -0.134. The maximum atomic E-state index is 13.9. The number of hydrogen-bond donors (Lipinski definition) is 2. The van der Waals surface area contributed by atoms with E-state index in [2.05, 4.69) is 27.3 Å². The quantitative estimate of drug-likeness (QED) is 0.274. The average Bonchev–Trinajstić information content (AvgIpc) is 3.23. The minimum absolute atomic E-state index is 0.0187. The molecule has 40 heavy (non-hydrogen) atoms. The molecule has 0 unspecified atom stereocenters. The van der Waals surface area contributed by atoms with Crippen LogP contribution in [0.25, 0.3) is 5.65 Å². The third kappa shape index (κ3) is 7.72. The van der Waals surface area contributed by atoms with E-state index in [0.29, 0.717) is 23.3 Å². The number of halogens is 4. The Morgan fingerprint density at radius 1 is 1.18 bits per heavy atom. The number of nitrogens with zero attached hydrogens (tertiary/aromatic N) is 3. The number of ether oxygens (including phenoxy) is 1. The van der Waals surface area contributed by atoms with Gasteiger partial charge >= 0.3 is 6.09 Å². The number of alkyl carbamates (subject to hydrolysis) is 1. The summed E-state index contributed by atoms with van der Waals surface area (Å²) < 4.78 is 61.0. The van der Waals surface area contributed by atoms with Crippen LogP contribution in [-0.2, 0) is 9.53 Å². The van der Waals surface area contributed by atoms with Crippen LogP contribution >= 0.6 is 0 Å². The first-order chi connectivity index (χ1) is 18.6. The van der Waals surface area contributed by atoms with Gasteiger partial charge in [0.15, 0.2) is 5.65 Å². The zero-order chi connectivity index (χ0) is 29.3. The monoisotopic (exact) mass is 567 g/mol. The zero-order valence-corrected chi connectivity index (χ0v) is 23.1. The molecule has 0 bridgehead atoms. The number of fused-ring (bicyclic) bond motifs is 1. The number of imidazole rings is 1. The fraction of sp³-hybridized carbons (Fsp3) is 0.643. The van der Waals surface area contributed by atoms with Crippen LogP contribution in [0.2, 0.25) is 0 Å². The third-order valence-corrected chi connectivity index (χ3v) is 7.37. The molecule has 4 rings (SSSR count). The van der Waals surface area contributed by atoms with Crippen LogP contribution in [0.3, 0.4) is 0 Å². The predicted molar refractivity (Wildman–Crippen MR) is 140 cm³/mol. The van der Waals surface area contributed by atoms with E-state index in [-0.39, 0.29) is 62.7 Å². The highest BCUT2D eigenvalue weighted by atomic mass is 19.3. The van der Waals surface area contributed by atoms with Crippen molar-refractivity contribution in [2.45, 2.75) is 102 Å². The molecule has 2 saturated carbocycles. The standard InChI is InChI=1S/C28H37F4N5O3/c1-5-6-20(35-23(38)11-17-13-28(31,32)14-17)19-12-22-34-21(16-37(22)33-15-19)24(36-25(39)40-26(2,3)4)18-7-9-27(29,30)10-8-18/h5,12,15-18,20,24H,1,6-11,13-14H2,2-4H3,(H,35,38)(H,36,39)/t20-,24+/m1/s1. The summed E-state index contributed by atoms with van der Waals surface area (Å²) in [6.07, 6.45) is 3.89. The average molecular weight is 568 g/mol. The summed E-state index contributed by atoms with van der Waals surface area (Å²) in [4.78, 5) is 29.9. The maximum Gasteiger partial charge on any atom is 0.408 e. The van der Waals surface area contributed by atoms with Gasteiger partial charge in [0.2, 0.25) is 17.8 Å². The summed E-state index contributed by atoms with van der Waals surface area (Å²) in [5.74, 6) is -6.36. The number of hydrogen-bond acceptors (Lipinski definition) is 5.